The Kier molecular flexibility index (Phi) is 6.20. The van der Waals surface area contributed by atoms with Crippen molar-refractivity contribution < 1.29 is 26.0 Å². The first kappa shape index (κ1) is 18.1. The van der Waals surface area contributed by atoms with Gasteiger partial charge in [-0.3, -0.25) is 0 Å². The van der Waals surface area contributed by atoms with Crippen LogP contribution in [0.5, 0.6) is 0 Å². The van der Waals surface area contributed by atoms with Crippen molar-refractivity contribution in [1.29, 1.82) is 0 Å². The molecule has 0 fully saturated rings. The molecule has 0 unspecified atom stereocenters. The van der Waals surface area contributed by atoms with E-state index in [0.29, 0.717) is 0 Å². The van der Waals surface area contributed by atoms with Gasteiger partial charge < -0.3 is 5.73 Å². The van der Waals surface area contributed by atoms with Crippen molar-refractivity contribution in [3.63, 3.8) is 0 Å². The molecule has 1 aromatic rings. The maximum Gasteiger partial charge on any atom is 0.246 e. The predicted octanol–water partition coefficient (Wildman–Crippen LogP) is 1.29. The molecule has 0 heterocycles. The van der Waals surface area contributed by atoms with E-state index in [2.05, 4.69) is 0 Å². The zero-order chi connectivity index (χ0) is 14.1. The first-order chi connectivity index (χ1) is 8.20. The van der Waals surface area contributed by atoms with Gasteiger partial charge in [0.25, 0.3) is 0 Å². The zero-order valence-corrected chi connectivity index (χ0v) is 11.2. The summed E-state index contributed by atoms with van der Waals surface area (Å²) in [6.07, 6.45) is 0. The number of benzene rings is 1. The van der Waals surface area contributed by atoms with Crippen LogP contribution in [0.15, 0.2) is 11.0 Å². The Morgan fingerprint density at radius 2 is 1.63 bits per heavy atom. The summed E-state index contributed by atoms with van der Waals surface area (Å²) in [5.41, 5.74) is 5.13. The van der Waals surface area contributed by atoms with Crippen LogP contribution in [0.4, 0.5) is 17.6 Å². The third-order valence-corrected chi connectivity index (χ3v) is 3.66. The summed E-state index contributed by atoms with van der Waals surface area (Å²) < 4.78 is 77.2. The molecule has 0 saturated carbocycles. The van der Waals surface area contributed by atoms with Gasteiger partial charge in [0.15, 0.2) is 28.2 Å². The molecule has 0 aliphatic heterocycles. The second kappa shape index (κ2) is 6.51. The molecule has 3 N–H and O–H groups in total. The summed E-state index contributed by atoms with van der Waals surface area (Å²) in [5, 5.41) is 0. The minimum absolute atomic E-state index is 0. The Morgan fingerprint density at radius 1 is 1.21 bits per heavy atom. The molecule has 10 heteroatoms. The molecule has 0 spiro atoms. The Balaban J connectivity index is 0.00000324. The molecular formula is C9H11ClF4N2O2S. The Bertz CT molecular complexity index is 542. The second-order valence-corrected chi connectivity index (χ2v) is 5.21. The molecule has 0 radical (unpaired) electrons. The van der Waals surface area contributed by atoms with Gasteiger partial charge in [0, 0.05) is 18.7 Å². The van der Waals surface area contributed by atoms with Gasteiger partial charge in [-0.15, -0.1) is 12.4 Å². The highest BCUT2D eigenvalue weighted by Crippen LogP contribution is 2.23. The number of sulfonamides is 1. The van der Waals surface area contributed by atoms with E-state index in [4.69, 9.17) is 5.73 Å². The van der Waals surface area contributed by atoms with E-state index < -0.39 is 44.2 Å². The SMILES string of the molecule is C[C@H](CN)NS(=O)(=O)c1c(F)c(F)cc(F)c1F.Cl. The van der Waals surface area contributed by atoms with Gasteiger partial charge in [0.1, 0.15) is 0 Å². The number of nitrogens with one attached hydrogen (secondary N) is 1. The van der Waals surface area contributed by atoms with Crippen molar-refractivity contribution in [3.05, 3.63) is 29.3 Å². The van der Waals surface area contributed by atoms with Gasteiger partial charge in [-0.2, -0.15) is 0 Å². The summed E-state index contributed by atoms with van der Waals surface area (Å²) in [6, 6.07) is -0.920. The van der Waals surface area contributed by atoms with Crippen molar-refractivity contribution in [2.45, 2.75) is 17.9 Å². The molecule has 0 bridgehead atoms. The van der Waals surface area contributed by atoms with Crippen LogP contribution < -0.4 is 10.5 Å². The number of rotatable bonds is 4. The number of hydrogen-bond acceptors (Lipinski definition) is 3. The lowest BCUT2D eigenvalue weighted by molar-refractivity contribution is 0.417. The van der Waals surface area contributed by atoms with Gasteiger partial charge in [0.2, 0.25) is 10.0 Å². The predicted molar refractivity (Wildman–Crippen MR) is 62.4 cm³/mol. The molecule has 19 heavy (non-hydrogen) atoms. The van der Waals surface area contributed by atoms with E-state index >= 15 is 0 Å². The normalized spacial score (nSPS) is 12.9. The standard InChI is InChI=1S/C9H10F4N2O2S.ClH/c1-4(3-14)15-18(16,17)9-7(12)5(10)2-6(11)8(9)13;/h2,4,15H,3,14H2,1H3;1H/t4-;/m1./s1. The van der Waals surface area contributed by atoms with Crippen molar-refractivity contribution in [3.8, 4) is 0 Å². The molecule has 1 atom stereocenters. The summed E-state index contributed by atoms with van der Waals surface area (Å²) in [5.74, 6) is -7.56. The molecule has 1 rings (SSSR count). The Hall–Kier alpha value is -0.900. The largest absolute Gasteiger partial charge is 0.329 e. The van der Waals surface area contributed by atoms with Crippen LogP contribution in [0.3, 0.4) is 0 Å². The van der Waals surface area contributed by atoms with Crippen LogP contribution in [0.2, 0.25) is 0 Å². The van der Waals surface area contributed by atoms with Crippen molar-refractivity contribution >= 4 is 22.4 Å². The molecule has 0 saturated heterocycles. The Labute approximate surface area is 113 Å². The fraction of sp³-hybridized carbons (Fsp3) is 0.333. The average molecular weight is 323 g/mol. The van der Waals surface area contributed by atoms with Crippen LogP contribution in [-0.2, 0) is 10.0 Å². The molecule has 110 valence electrons. The third-order valence-electron chi connectivity index (χ3n) is 2.05. The molecule has 0 aliphatic carbocycles. The highest BCUT2D eigenvalue weighted by Gasteiger charge is 2.30. The van der Waals surface area contributed by atoms with Crippen LogP contribution in [0.1, 0.15) is 6.92 Å². The van der Waals surface area contributed by atoms with Crippen LogP contribution >= 0.6 is 12.4 Å². The average Bonchev–Trinajstić information content (AvgIpc) is 2.25. The van der Waals surface area contributed by atoms with Gasteiger partial charge in [0.05, 0.1) is 0 Å². The van der Waals surface area contributed by atoms with Gasteiger partial charge >= 0.3 is 0 Å². The van der Waals surface area contributed by atoms with Crippen molar-refractivity contribution in [2.24, 2.45) is 5.73 Å². The molecule has 0 aromatic heterocycles. The molecule has 4 nitrogen and oxygen atoms in total. The second-order valence-electron chi connectivity index (χ2n) is 3.56. The van der Waals surface area contributed by atoms with Gasteiger partial charge in [-0.25, -0.2) is 30.7 Å². The van der Waals surface area contributed by atoms with E-state index in [1.54, 1.807) is 4.72 Å². The lowest BCUT2D eigenvalue weighted by Crippen LogP contribution is -2.38. The van der Waals surface area contributed by atoms with Gasteiger partial charge in [-0.05, 0) is 6.92 Å². The first-order valence-electron chi connectivity index (χ1n) is 4.76. The van der Waals surface area contributed by atoms with Crippen LogP contribution in [-0.4, -0.2) is 21.0 Å². The van der Waals surface area contributed by atoms with E-state index in [9.17, 15) is 26.0 Å². The molecular weight excluding hydrogens is 312 g/mol. The van der Waals surface area contributed by atoms with E-state index in [0.717, 1.165) is 0 Å². The summed E-state index contributed by atoms with van der Waals surface area (Å²) in [4.78, 5) is -1.69. The monoisotopic (exact) mass is 322 g/mol. The number of nitrogens with two attached hydrogens (primary N) is 1. The molecule has 1 aromatic carbocycles. The first-order valence-corrected chi connectivity index (χ1v) is 6.24. The quantitative estimate of drug-likeness (QED) is 0.648. The fourth-order valence-corrected chi connectivity index (χ4v) is 2.57. The van der Waals surface area contributed by atoms with E-state index in [1.165, 1.54) is 6.92 Å². The van der Waals surface area contributed by atoms with Crippen LogP contribution in [0, 0.1) is 23.3 Å². The number of halogens is 5. The summed E-state index contributed by atoms with van der Waals surface area (Å²) in [7, 11) is -4.74. The zero-order valence-electron chi connectivity index (χ0n) is 9.58. The molecule has 0 amide bonds. The van der Waals surface area contributed by atoms with E-state index in [-0.39, 0.29) is 25.0 Å². The maximum atomic E-state index is 13.3. The topological polar surface area (TPSA) is 72.2 Å². The highest BCUT2D eigenvalue weighted by atomic mass is 35.5. The smallest absolute Gasteiger partial charge is 0.246 e. The minimum Gasteiger partial charge on any atom is -0.329 e. The van der Waals surface area contributed by atoms with E-state index in [1.807, 2.05) is 0 Å². The number of hydrogen-bond donors (Lipinski definition) is 2. The maximum absolute atomic E-state index is 13.3. The fourth-order valence-electron chi connectivity index (χ4n) is 1.16. The van der Waals surface area contributed by atoms with Crippen LogP contribution in [0.25, 0.3) is 0 Å². The van der Waals surface area contributed by atoms with Crippen molar-refractivity contribution in [2.75, 3.05) is 6.54 Å². The van der Waals surface area contributed by atoms with Crippen molar-refractivity contribution in [1.82, 2.24) is 4.72 Å². The lowest BCUT2D eigenvalue weighted by atomic mass is 10.3. The molecule has 0 aliphatic rings. The third kappa shape index (κ3) is 3.78. The highest BCUT2D eigenvalue weighted by molar-refractivity contribution is 7.89. The minimum atomic E-state index is -4.74. The summed E-state index contributed by atoms with van der Waals surface area (Å²) >= 11 is 0. The van der Waals surface area contributed by atoms with Gasteiger partial charge in [-0.1, -0.05) is 0 Å². The Morgan fingerprint density at radius 3 is 2.00 bits per heavy atom. The lowest BCUT2D eigenvalue weighted by Gasteiger charge is -2.13. The summed E-state index contributed by atoms with van der Waals surface area (Å²) in [6.45, 7) is 1.17.